The predicted octanol–water partition coefficient (Wildman–Crippen LogP) is 0.727. The molecule has 84 valence electrons. The second-order valence-electron chi connectivity index (χ2n) is 4.36. The van der Waals surface area contributed by atoms with Gasteiger partial charge < -0.3 is 5.32 Å². The molecule has 1 aliphatic rings. The summed E-state index contributed by atoms with van der Waals surface area (Å²) in [4.78, 5) is 8.52. The van der Waals surface area contributed by atoms with E-state index in [1.807, 2.05) is 19.3 Å². The lowest BCUT2D eigenvalue weighted by Gasteiger charge is -2.09. The van der Waals surface area contributed by atoms with Crippen molar-refractivity contribution in [2.75, 3.05) is 6.54 Å². The Balaban J connectivity index is 1.86. The lowest BCUT2D eigenvalue weighted by Crippen LogP contribution is -2.23. The molecule has 5 heteroatoms. The molecule has 1 N–H and O–H groups in total. The molecule has 0 spiro atoms. The van der Waals surface area contributed by atoms with Gasteiger partial charge in [-0.1, -0.05) is 0 Å². The first kappa shape index (κ1) is 9.72. The van der Waals surface area contributed by atoms with Gasteiger partial charge in [0.05, 0.1) is 0 Å². The molecule has 5 nitrogen and oxygen atoms in total. The third kappa shape index (κ3) is 1.78. The Morgan fingerprint density at radius 3 is 3.31 bits per heavy atom. The smallest absolute Gasteiger partial charge is 0.252 e. The van der Waals surface area contributed by atoms with E-state index in [1.54, 1.807) is 4.52 Å². The summed E-state index contributed by atoms with van der Waals surface area (Å²) in [5, 5.41) is 7.76. The quantitative estimate of drug-likeness (QED) is 0.805. The minimum Gasteiger partial charge on any atom is -0.314 e. The van der Waals surface area contributed by atoms with Crippen molar-refractivity contribution in [1.82, 2.24) is 24.9 Å². The molecule has 1 aliphatic heterocycles. The van der Waals surface area contributed by atoms with Crippen LogP contribution in [-0.2, 0) is 6.42 Å². The zero-order valence-electron chi connectivity index (χ0n) is 9.35. The fraction of sp³-hybridized carbons (Fsp3) is 0.545. The van der Waals surface area contributed by atoms with Crippen LogP contribution in [0.3, 0.4) is 0 Å². The monoisotopic (exact) mass is 217 g/mol. The van der Waals surface area contributed by atoms with Gasteiger partial charge in [0.1, 0.15) is 5.82 Å². The van der Waals surface area contributed by atoms with Crippen LogP contribution in [0.25, 0.3) is 5.78 Å². The van der Waals surface area contributed by atoms with Crippen LogP contribution in [-0.4, -0.2) is 32.2 Å². The van der Waals surface area contributed by atoms with E-state index in [2.05, 4.69) is 20.4 Å². The van der Waals surface area contributed by atoms with Gasteiger partial charge in [-0.25, -0.2) is 9.50 Å². The molecular weight excluding hydrogens is 202 g/mol. The third-order valence-electron chi connectivity index (χ3n) is 3.00. The van der Waals surface area contributed by atoms with Crippen LogP contribution in [0.5, 0.6) is 0 Å². The summed E-state index contributed by atoms with van der Waals surface area (Å²) in [5.74, 6) is 1.45. The van der Waals surface area contributed by atoms with E-state index in [0.29, 0.717) is 11.8 Å². The van der Waals surface area contributed by atoms with Crippen molar-refractivity contribution in [3.8, 4) is 0 Å². The van der Waals surface area contributed by atoms with Crippen molar-refractivity contribution in [2.24, 2.45) is 0 Å². The Morgan fingerprint density at radius 1 is 1.56 bits per heavy atom. The first-order valence-corrected chi connectivity index (χ1v) is 5.72. The molecule has 0 amide bonds. The average Bonchev–Trinajstić information content (AvgIpc) is 2.85. The zero-order valence-corrected chi connectivity index (χ0v) is 9.35. The van der Waals surface area contributed by atoms with Crippen molar-refractivity contribution in [1.29, 1.82) is 0 Å². The van der Waals surface area contributed by atoms with Crippen LogP contribution in [0, 0.1) is 6.92 Å². The summed E-state index contributed by atoms with van der Waals surface area (Å²) >= 11 is 0. The standard InChI is InChI=1S/C11H15N5/c1-8-14-11-13-6-9(7-16(11)15-8)5-10-3-2-4-12-10/h6-7,10,12H,2-5H2,1H3. The molecule has 3 heterocycles. The van der Waals surface area contributed by atoms with Crippen molar-refractivity contribution in [3.05, 3.63) is 23.8 Å². The number of hydrogen-bond donors (Lipinski definition) is 1. The number of hydrogen-bond acceptors (Lipinski definition) is 4. The fourth-order valence-electron chi connectivity index (χ4n) is 2.25. The zero-order chi connectivity index (χ0) is 11.0. The molecule has 3 rings (SSSR count). The van der Waals surface area contributed by atoms with Gasteiger partial charge in [0.2, 0.25) is 0 Å². The minimum absolute atomic E-state index is 0.601. The highest BCUT2D eigenvalue weighted by Gasteiger charge is 2.15. The van der Waals surface area contributed by atoms with E-state index in [9.17, 15) is 0 Å². The largest absolute Gasteiger partial charge is 0.314 e. The first-order valence-electron chi connectivity index (χ1n) is 5.72. The minimum atomic E-state index is 0.601. The Morgan fingerprint density at radius 2 is 2.50 bits per heavy atom. The normalized spacial score (nSPS) is 20.7. The molecule has 1 unspecified atom stereocenters. The van der Waals surface area contributed by atoms with E-state index in [-0.39, 0.29) is 0 Å². The summed E-state index contributed by atoms with van der Waals surface area (Å²) in [6.07, 6.45) is 7.50. The molecule has 2 aromatic heterocycles. The lowest BCUT2D eigenvalue weighted by molar-refractivity contribution is 0.599. The molecule has 1 saturated heterocycles. The van der Waals surface area contributed by atoms with E-state index in [4.69, 9.17) is 0 Å². The number of aromatic nitrogens is 4. The highest BCUT2D eigenvalue weighted by molar-refractivity contribution is 5.27. The van der Waals surface area contributed by atoms with Crippen LogP contribution in [0.1, 0.15) is 24.2 Å². The Labute approximate surface area is 93.9 Å². The van der Waals surface area contributed by atoms with E-state index in [0.717, 1.165) is 18.8 Å². The molecule has 16 heavy (non-hydrogen) atoms. The van der Waals surface area contributed by atoms with E-state index < -0.39 is 0 Å². The van der Waals surface area contributed by atoms with Gasteiger partial charge in [0.15, 0.2) is 0 Å². The van der Waals surface area contributed by atoms with Crippen LogP contribution < -0.4 is 5.32 Å². The molecule has 0 aromatic carbocycles. The Kier molecular flexibility index (Phi) is 2.32. The second kappa shape index (κ2) is 3.83. The van der Waals surface area contributed by atoms with Gasteiger partial charge in [0.25, 0.3) is 5.78 Å². The van der Waals surface area contributed by atoms with Gasteiger partial charge in [0, 0.05) is 18.4 Å². The molecule has 0 saturated carbocycles. The van der Waals surface area contributed by atoms with Crippen LogP contribution in [0.2, 0.25) is 0 Å². The van der Waals surface area contributed by atoms with Crippen LogP contribution in [0.15, 0.2) is 12.4 Å². The van der Waals surface area contributed by atoms with E-state index in [1.165, 1.54) is 18.4 Å². The number of nitrogens with one attached hydrogen (secondary N) is 1. The lowest BCUT2D eigenvalue weighted by atomic mass is 10.1. The summed E-state index contributed by atoms with van der Waals surface area (Å²) in [6, 6.07) is 0.601. The summed E-state index contributed by atoms with van der Waals surface area (Å²) in [7, 11) is 0. The van der Waals surface area contributed by atoms with Crippen LogP contribution >= 0.6 is 0 Å². The molecule has 2 aromatic rings. The summed E-state index contributed by atoms with van der Waals surface area (Å²) < 4.78 is 1.76. The maximum atomic E-state index is 4.31. The Hall–Kier alpha value is -1.49. The maximum Gasteiger partial charge on any atom is 0.252 e. The maximum absolute atomic E-state index is 4.31. The molecule has 0 aliphatic carbocycles. The summed E-state index contributed by atoms with van der Waals surface area (Å²) in [6.45, 7) is 3.02. The fourth-order valence-corrected chi connectivity index (χ4v) is 2.25. The van der Waals surface area contributed by atoms with E-state index >= 15 is 0 Å². The SMILES string of the molecule is Cc1nc2ncc(CC3CCCN3)cn2n1. The summed E-state index contributed by atoms with van der Waals surface area (Å²) in [5.41, 5.74) is 1.22. The third-order valence-corrected chi connectivity index (χ3v) is 3.00. The Bertz CT molecular complexity index is 498. The van der Waals surface area contributed by atoms with Crippen molar-refractivity contribution >= 4 is 5.78 Å². The van der Waals surface area contributed by atoms with Gasteiger partial charge >= 0.3 is 0 Å². The van der Waals surface area contributed by atoms with Crippen molar-refractivity contribution in [3.63, 3.8) is 0 Å². The highest BCUT2D eigenvalue weighted by atomic mass is 15.3. The number of rotatable bonds is 2. The van der Waals surface area contributed by atoms with Gasteiger partial charge in [-0.2, -0.15) is 10.1 Å². The first-order chi connectivity index (χ1) is 7.81. The number of fused-ring (bicyclic) bond motifs is 1. The van der Waals surface area contributed by atoms with Gasteiger partial charge in [-0.3, -0.25) is 0 Å². The van der Waals surface area contributed by atoms with Crippen molar-refractivity contribution in [2.45, 2.75) is 32.2 Å². The number of aryl methyl sites for hydroxylation is 1. The predicted molar refractivity (Wildman–Crippen MR) is 60.2 cm³/mol. The average molecular weight is 217 g/mol. The molecule has 0 bridgehead atoms. The molecule has 1 fully saturated rings. The second-order valence-corrected chi connectivity index (χ2v) is 4.36. The topological polar surface area (TPSA) is 55.1 Å². The van der Waals surface area contributed by atoms with Crippen molar-refractivity contribution < 1.29 is 0 Å². The highest BCUT2D eigenvalue weighted by Crippen LogP contribution is 2.11. The molecular formula is C11H15N5. The molecule has 1 atom stereocenters. The van der Waals surface area contributed by atoms with Gasteiger partial charge in [-0.05, 0) is 38.3 Å². The molecule has 0 radical (unpaired) electrons. The van der Waals surface area contributed by atoms with Crippen LogP contribution in [0.4, 0.5) is 0 Å². The number of nitrogens with zero attached hydrogens (tertiary/aromatic N) is 4. The van der Waals surface area contributed by atoms with Gasteiger partial charge in [-0.15, -0.1) is 0 Å².